The van der Waals surface area contributed by atoms with Crippen LogP contribution in [0.25, 0.3) is 0 Å². The molecule has 0 bridgehead atoms. The third-order valence-electron chi connectivity index (χ3n) is 7.72. The van der Waals surface area contributed by atoms with E-state index in [9.17, 15) is 9.90 Å². The number of ether oxygens (including phenoxy) is 1. The highest BCUT2D eigenvalue weighted by molar-refractivity contribution is 5.88. The Balaban J connectivity index is 1.92. The minimum atomic E-state index is -1.08. The van der Waals surface area contributed by atoms with Gasteiger partial charge in [0.1, 0.15) is 5.75 Å². The third-order valence-corrected chi connectivity index (χ3v) is 7.72. The van der Waals surface area contributed by atoms with E-state index in [1.165, 1.54) is 11.3 Å². The highest BCUT2D eigenvalue weighted by Gasteiger charge is 2.33. The number of amides is 1. The molecule has 0 unspecified atom stereocenters. The van der Waals surface area contributed by atoms with Gasteiger partial charge in [-0.25, -0.2) is 4.79 Å². The Hall–Kier alpha value is -2.03. The van der Waals surface area contributed by atoms with Gasteiger partial charge in [-0.1, -0.05) is 33.6 Å². The molecule has 1 amide bonds. The topological polar surface area (TPSA) is 88.5 Å². The van der Waals surface area contributed by atoms with Crippen LogP contribution < -0.4 is 15.0 Å². The van der Waals surface area contributed by atoms with Crippen molar-refractivity contribution in [2.24, 2.45) is 0 Å². The van der Waals surface area contributed by atoms with Gasteiger partial charge in [0.15, 0.2) is 0 Å². The van der Waals surface area contributed by atoms with Gasteiger partial charge in [0.25, 0.3) is 0 Å². The van der Waals surface area contributed by atoms with Crippen LogP contribution in [-0.4, -0.2) is 92.2 Å². The molecule has 1 aromatic rings. The van der Waals surface area contributed by atoms with Crippen molar-refractivity contribution in [3.63, 3.8) is 0 Å². The molecular weight excluding hydrogens is 456 g/mol. The molecule has 204 valence electrons. The molecule has 1 aromatic carbocycles. The van der Waals surface area contributed by atoms with Crippen molar-refractivity contribution in [3.05, 3.63) is 17.2 Å². The monoisotopic (exact) mass is 504 g/mol. The molecule has 0 spiro atoms. The molecular formula is C28H48N4O4. The van der Waals surface area contributed by atoms with Gasteiger partial charge >= 0.3 is 6.09 Å². The number of piperazine rings is 1. The summed E-state index contributed by atoms with van der Waals surface area (Å²) in [4.78, 5) is 19.2. The van der Waals surface area contributed by atoms with Crippen LogP contribution in [0.15, 0.2) is 6.07 Å². The van der Waals surface area contributed by atoms with E-state index in [4.69, 9.17) is 9.84 Å². The lowest BCUT2D eigenvalue weighted by Gasteiger charge is -2.44. The van der Waals surface area contributed by atoms with E-state index in [1.54, 1.807) is 7.11 Å². The summed E-state index contributed by atoms with van der Waals surface area (Å²) in [6.07, 6.45) is 5.96. The van der Waals surface area contributed by atoms with Crippen molar-refractivity contribution in [1.29, 1.82) is 0 Å². The maximum atomic E-state index is 11.6. The highest BCUT2D eigenvalue weighted by atomic mass is 16.5. The quantitative estimate of drug-likeness (QED) is 0.407. The first-order valence-electron chi connectivity index (χ1n) is 13.7. The summed E-state index contributed by atoms with van der Waals surface area (Å²) in [6, 6.07) is 2.63. The normalized spacial score (nSPS) is 18.4. The van der Waals surface area contributed by atoms with E-state index in [-0.39, 0.29) is 12.0 Å². The number of nitrogens with one attached hydrogen (secondary N) is 1. The lowest BCUT2D eigenvalue weighted by atomic mass is 9.81. The Bertz CT molecular complexity index is 854. The van der Waals surface area contributed by atoms with E-state index in [0.29, 0.717) is 17.5 Å². The number of rotatable bonds is 10. The van der Waals surface area contributed by atoms with Crippen LogP contribution in [0.1, 0.15) is 70.4 Å². The van der Waals surface area contributed by atoms with E-state index < -0.39 is 6.09 Å². The number of likely N-dealkylation sites (N-methyl/N-ethyl adjacent to an activating group) is 1. The molecule has 8 nitrogen and oxygen atoms in total. The van der Waals surface area contributed by atoms with Crippen molar-refractivity contribution in [3.8, 4) is 5.75 Å². The summed E-state index contributed by atoms with van der Waals surface area (Å²) in [7, 11) is 3.84. The van der Waals surface area contributed by atoms with Crippen LogP contribution in [0.2, 0.25) is 0 Å². The number of benzene rings is 1. The molecule has 2 saturated heterocycles. The van der Waals surface area contributed by atoms with E-state index in [1.807, 2.05) is 6.07 Å². The second-order valence-electron chi connectivity index (χ2n) is 11.5. The van der Waals surface area contributed by atoms with Crippen molar-refractivity contribution in [2.75, 3.05) is 70.2 Å². The Morgan fingerprint density at radius 3 is 2.25 bits per heavy atom. The van der Waals surface area contributed by atoms with Gasteiger partial charge in [-0.2, -0.15) is 0 Å². The van der Waals surface area contributed by atoms with E-state index in [0.717, 1.165) is 89.8 Å². The minimum Gasteiger partial charge on any atom is -0.494 e. The Labute approximate surface area is 217 Å². The third kappa shape index (κ3) is 7.26. The minimum absolute atomic E-state index is 0.225. The van der Waals surface area contributed by atoms with Crippen molar-refractivity contribution >= 4 is 17.5 Å². The van der Waals surface area contributed by atoms with Crippen LogP contribution in [0.5, 0.6) is 5.75 Å². The Morgan fingerprint density at radius 2 is 1.69 bits per heavy atom. The number of carboxylic acid groups (broad SMARTS) is 1. The first-order valence-corrected chi connectivity index (χ1v) is 13.7. The molecule has 8 heteroatoms. The van der Waals surface area contributed by atoms with E-state index >= 15 is 0 Å². The zero-order chi connectivity index (χ0) is 26.3. The molecule has 2 heterocycles. The molecule has 3 N–H and O–H groups in total. The fourth-order valence-corrected chi connectivity index (χ4v) is 5.80. The van der Waals surface area contributed by atoms with Gasteiger partial charge in [0, 0.05) is 63.2 Å². The second-order valence-corrected chi connectivity index (χ2v) is 11.5. The number of nitrogens with zero attached hydrogens (tertiary/aromatic N) is 3. The van der Waals surface area contributed by atoms with Gasteiger partial charge in [0.2, 0.25) is 0 Å². The van der Waals surface area contributed by atoms with Gasteiger partial charge in [-0.3, -0.25) is 10.2 Å². The average Bonchev–Trinajstić information content (AvgIpc) is 2.83. The lowest BCUT2D eigenvalue weighted by Crippen LogP contribution is -2.52. The van der Waals surface area contributed by atoms with Crippen LogP contribution in [0.3, 0.4) is 0 Å². The number of aliphatic hydroxyl groups is 1. The smallest absolute Gasteiger partial charge is 0.409 e. The number of anilines is 2. The highest BCUT2D eigenvalue weighted by Crippen LogP contribution is 2.47. The van der Waals surface area contributed by atoms with Gasteiger partial charge in [-0.05, 0) is 56.2 Å². The molecule has 2 aliphatic rings. The molecule has 0 aliphatic carbocycles. The zero-order valence-electron chi connectivity index (χ0n) is 23.1. The number of carbonyl (C=O) groups is 1. The van der Waals surface area contributed by atoms with Crippen LogP contribution >= 0.6 is 0 Å². The van der Waals surface area contributed by atoms with Crippen molar-refractivity contribution < 1.29 is 19.7 Å². The van der Waals surface area contributed by atoms with E-state index in [2.05, 4.69) is 47.8 Å². The summed E-state index contributed by atoms with van der Waals surface area (Å²) in [6.45, 7) is 13.3. The summed E-state index contributed by atoms with van der Waals surface area (Å²) < 4.78 is 5.88. The molecule has 3 rings (SSSR count). The van der Waals surface area contributed by atoms with Crippen LogP contribution in [0.4, 0.5) is 16.2 Å². The first-order chi connectivity index (χ1) is 17.2. The number of unbranched alkanes of at least 4 members (excludes halogenated alkanes) is 3. The average molecular weight is 505 g/mol. The maximum Gasteiger partial charge on any atom is 0.409 e. The lowest BCUT2D eigenvalue weighted by molar-refractivity contribution is 0.0981. The molecule has 2 fully saturated rings. The van der Waals surface area contributed by atoms with Gasteiger partial charge in [0.05, 0.1) is 12.8 Å². The predicted molar refractivity (Wildman–Crippen MR) is 147 cm³/mol. The van der Waals surface area contributed by atoms with Crippen LogP contribution in [-0.2, 0) is 11.8 Å². The summed E-state index contributed by atoms with van der Waals surface area (Å²) in [5, 5.41) is 21.3. The zero-order valence-corrected chi connectivity index (χ0v) is 23.1. The molecule has 0 saturated carbocycles. The molecule has 36 heavy (non-hydrogen) atoms. The second kappa shape index (κ2) is 13.0. The molecule has 0 atom stereocenters. The number of piperidine rings is 1. The Kier molecular flexibility index (Phi) is 10.3. The largest absolute Gasteiger partial charge is 0.494 e. The predicted octanol–water partition coefficient (Wildman–Crippen LogP) is 4.39. The number of aryl methyl sites for hydroxylation is 1. The molecule has 0 radical (unpaired) electrons. The van der Waals surface area contributed by atoms with Crippen molar-refractivity contribution in [1.82, 2.24) is 9.80 Å². The number of methoxy groups -OCH3 is 1. The van der Waals surface area contributed by atoms with Crippen LogP contribution in [0, 0.1) is 0 Å². The first kappa shape index (κ1) is 28.5. The number of hydrogen-bond donors (Lipinski definition) is 3. The fraction of sp³-hybridized carbons (Fsp3) is 0.750. The molecule has 0 aromatic heterocycles. The summed E-state index contributed by atoms with van der Waals surface area (Å²) >= 11 is 0. The van der Waals surface area contributed by atoms with Gasteiger partial charge < -0.3 is 24.7 Å². The Morgan fingerprint density at radius 1 is 1.06 bits per heavy atom. The summed E-state index contributed by atoms with van der Waals surface area (Å²) in [5.74, 6) is 0.630. The standard InChI is InChI=1S/C28H48N4O4/c1-28(2,3)24-25(32-13-11-22(12-14-32)31-17-15-30(4)16-18-31)21(10-8-6-7-9-19-33)20-23(26(24)36-5)29-27(34)35/h20,22,29,33H,6-19H2,1-5H3,(H,34,35). The number of aliphatic hydroxyl groups excluding tert-OH is 1. The maximum absolute atomic E-state index is 11.6. The van der Waals surface area contributed by atoms with Crippen molar-refractivity contribution in [2.45, 2.75) is 77.2 Å². The molecule has 2 aliphatic heterocycles. The SMILES string of the molecule is COc1c(NC(=O)O)cc(CCCCCCO)c(N2CCC(N3CCN(C)CC3)CC2)c1C(C)(C)C. The summed E-state index contributed by atoms with van der Waals surface area (Å²) in [5.41, 5.74) is 3.80. The number of hydrogen-bond acceptors (Lipinski definition) is 6. The van der Waals surface area contributed by atoms with Gasteiger partial charge in [-0.15, -0.1) is 0 Å². The fourth-order valence-electron chi connectivity index (χ4n) is 5.80.